The highest BCUT2D eigenvalue weighted by molar-refractivity contribution is 7.86. The number of aromatic nitrogens is 4. The second kappa shape index (κ2) is 3.40. The van der Waals surface area contributed by atoms with E-state index in [2.05, 4.69) is 24.3 Å². The van der Waals surface area contributed by atoms with Crippen molar-refractivity contribution < 1.29 is 12.6 Å². The average molecular weight is 249 g/mol. The molecule has 1 N–H and O–H groups in total. The largest absolute Gasteiger partial charge is 0.315 e. The summed E-state index contributed by atoms with van der Waals surface area (Å²) in [4.78, 5) is 7.36. The maximum atomic E-state index is 11.5. The third-order valence-electron chi connectivity index (χ3n) is 1.70. The van der Waals surface area contributed by atoms with E-state index in [1.807, 2.05) is 0 Å². The van der Waals surface area contributed by atoms with E-state index in [4.69, 9.17) is 11.6 Å². The Hall–Kier alpha value is -1.25. The molecule has 9 heteroatoms. The third-order valence-corrected chi connectivity index (χ3v) is 3.10. The molecule has 0 unspecified atom stereocenters. The normalized spacial score (nSPS) is 12.1. The fourth-order valence-corrected chi connectivity index (χ4v) is 2.05. The van der Waals surface area contributed by atoms with Crippen LogP contribution in [0.4, 0.5) is 0 Å². The van der Waals surface area contributed by atoms with Gasteiger partial charge in [-0.2, -0.15) is 18.5 Å². The molecule has 0 aliphatic carbocycles. The second-order valence-electron chi connectivity index (χ2n) is 2.55. The summed E-state index contributed by atoms with van der Waals surface area (Å²) in [7, 11) is -2.87. The first-order valence-corrected chi connectivity index (χ1v) is 5.50. The first-order chi connectivity index (χ1) is 7.04. The fraction of sp³-hybridized carbons (Fsp3) is 0.167. The van der Waals surface area contributed by atoms with Gasteiger partial charge in [-0.1, -0.05) is 0 Å². The Morgan fingerprint density at radius 2 is 2.20 bits per heavy atom. The summed E-state index contributed by atoms with van der Waals surface area (Å²) in [5, 5.41) is 5.88. The summed E-state index contributed by atoms with van der Waals surface area (Å²) < 4.78 is 27.2. The molecule has 2 heterocycles. The summed E-state index contributed by atoms with van der Waals surface area (Å²) in [5.74, 6) is 0. The molecule has 0 aromatic carbocycles. The van der Waals surface area contributed by atoms with Crippen molar-refractivity contribution in [3.63, 3.8) is 0 Å². The van der Waals surface area contributed by atoms with Crippen LogP contribution in [-0.2, 0) is 14.3 Å². The molecule has 80 valence electrons. The first kappa shape index (κ1) is 10.3. The van der Waals surface area contributed by atoms with Crippen LogP contribution in [0.5, 0.6) is 0 Å². The molecule has 0 radical (unpaired) electrons. The van der Waals surface area contributed by atoms with Crippen LogP contribution >= 0.6 is 11.6 Å². The highest BCUT2D eigenvalue weighted by Crippen LogP contribution is 2.20. The lowest BCUT2D eigenvalue weighted by Gasteiger charge is -2.01. The Labute approximate surface area is 89.6 Å². The van der Waals surface area contributed by atoms with Gasteiger partial charge in [0.05, 0.1) is 18.7 Å². The van der Waals surface area contributed by atoms with Gasteiger partial charge < -0.3 is 0 Å². The smallest absolute Gasteiger partial charge is 0.269 e. The van der Waals surface area contributed by atoms with Crippen molar-refractivity contribution >= 4 is 32.8 Å². The summed E-state index contributed by atoms with van der Waals surface area (Å²) in [6.07, 6.45) is 1.29. The quantitative estimate of drug-likeness (QED) is 0.468. The molecule has 0 fully saturated rings. The van der Waals surface area contributed by atoms with E-state index in [1.54, 1.807) is 0 Å². The lowest BCUT2D eigenvalue weighted by atomic mass is 10.4. The van der Waals surface area contributed by atoms with Gasteiger partial charge in [0.15, 0.2) is 10.7 Å². The summed E-state index contributed by atoms with van der Waals surface area (Å²) in [6, 6.07) is 0. The highest BCUT2D eigenvalue weighted by atomic mass is 35.5. The summed E-state index contributed by atoms with van der Waals surface area (Å²) in [5.41, 5.74) is 0.241. The topological polar surface area (TPSA) is 97.8 Å². The predicted molar refractivity (Wildman–Crippen MR) is 50.9 cm³/mol. The van der Waals surface area contributed by atoms with Gasteiger partial charge in [0, 0.05) is 0 Å². The maximum Gasteiger partial charge on any atom is 0.315 e. The molecule has 2 aromatic heterocycles. The zero-order chi connectivity index (χ0) is 11.1. The molecule has 0 saturated heterocycles. The minimum Gasteiger partial charge on any atom is -0.269 e. The monoisotopic (exact) mass is 248 g/mol. The van der Waals surface area contributed by atoms with Crippen LogP contribution in [0.25, 0.3) is 11.0 Å². The molecule has 2 aromatic rings. The standard InChI is InChI=1S/C6H5ClN4O3S/c1-14-15(12,13)5-3-2-8-11-4(3)9-6(7)10-5/h2H,1H3,(H,8,9,10,11). The molecule has 0 aliphatic heterocycles. The van der Waals surface area contributed by atoms with Gasteiger partial charge >= 0.3 is 10.1 Å². The molecule has 15 heavy (non-hydrogen) atoms. The second-order valence-corrected chi connectivity index (χ2v) is 4.52. The minimum absolute atomic E-state index is 0.192. The number of fused-ring (bicyclic) bond motifs is 1. The lowest BCUT2D eigenvalue weighted by Crippen LogP contribution is -2.06. The molecular weight excluding hydrogens is 244 g/mol. The molecule has 0 atom stereocenters. The Kier molecular flexibility index (Phi) is 2.33. The molecule has 0 saturated carbocycles. The molecule has 7 nitrogen and oxygen atoms in total. The Bertz CT molecular complexity index is 608. The van der Waals surface area contributed by atoms with Gasteiger partial charge in [-0.05, 0) is 11.6 Å². The van der Waals surface area contributed by atoms with Gasteiger partial charge in [0.1, 0.15) is 0 Å². The Balaban J connectivity index is 2.85. The van der Waals surface area contributed by atoms with Crippen molar-refractivity contribution in [1.29, 1.82) is 0 Å². The van der Waals surface area contributed by atoms with Gasteiger partial charge in [0.25, 0.3) is 0 Å². The van der Waals surface area contributed by atoms with Crippen LogP contribution in [0.3, 0.4) is 0 Å². The van der Waals surface area contributed by atoms with E-state index in [-0.39, 0.29) is 21.3 Å². The van der Waals surface area contributed by atoms with Crippen LogP contribution < -0.4 is 0 Å². The van der Waals surface area contributed by atoms with Crippen molar-refractivity contribution in [1.82, 2.24) is 20.2 Å². The third kappa shape index (κ3) is 1.66. The number of halogens is 1. The first-order valence-electron chi connectivity index (χ1n) is 3.72. The van der Waals surface area contributed by atoms with Gasteiger partial charge in [0.2, 0.25) is 5.28 Å². The molecule has 2 rings (SSSR count). The number of aromatic amines is 1. The van der Waals surface area contributed by atoms with E-state index in [9.17, 15) is 8.42 Å². The van der Waals surface area contributed by atoms with Crippen LogP contribution in [-0.4, -0.2) is 35.7 Å². The van der Waals surface area contributed by atoms with Gasteiger partial charge in [-0.25, -0.2) is 4.98 Å². The van der Waals surface area contributed by atoms with Crippen molar-refractivity contribution in [3.8, 4) is 0 Å². The average Bonchev–Trinajstić information content (AvgIpc) is 2.63. The van der Waals surface area contributed by atoms with Crippen LogP contribution in [0, 0.1) is 0 Å². The number of hydrogen-bond donors (Lipinski definition) is 1. The van der Waals surface area contributed by atoms with E-state index < -0.39 is 10.1 Å². The van der Waals surface area contributed by atoms with Crippen LogP contribution in [0.1, 0.15) is 0 Å². The Morgan fingerprint density at radius 3 is 2.87 bits per heavy atom. The van der Waals surface area contributed by atoms with Crippen molar-refractivity contribution in [3.05, 3.63) is 11.5 Å². The number of rotatable bonds is 2. The lowest BCUT2D eigenvalue weighted by molar-refractivity contribution is 0.396. The molecule has 0 bridgehead atoms. The number of nitrogens with one attached hydrogen (secondary N) is 1. The molecule has 0 spiro atoms. The summed E-state index contributed by atoms with van der Waals surface area (Å²) in [6.45, 7) is 0. The fourth-order valence-electron chi connectivity index (χ4n) is 1.05. The number of H-pyrrole nitrogens is 1. The highest BCUT2D eigenvalue weighted by Gasteiger charge is 2.21. The van der Waals surface area contributed by atoms with Gasteiger partial charge in [-0.15, -0.1) is 0 Å². The van der Waals surface area contributed by atoms with E-state index in [0.29, 0.717) is 0 Å². The zero-order valence-electron chi connectivity index (χ0n) is 7.43. The number of nitrogens with zero attached hydrogens (tertiary/aromatic N) is 3. The number of hydrogen-bond acceptors (Lipinski definition) is 6. The maximum absolute atomic E-state index is 11.5. The van der Waals surface area contributed by atoms with E-state index in [1.165, 1.54) is 6.20 Å². The van der Waals surface area contributed by atoms with E-state index in [0.717, 1.165) is 7.11 Å². The van der Waals surface area contributed by atoms with Crippen LogP contribution in [0.15, 0.2) is 11.2 Å². The zero-order valence-corrected chi connectivity index (χ0v) is 9.00. The Morgan fingerprint density at radius 1 is 1.47 bits per heavy atom. The van der Waals surface area contributed by atoms with Gasteiger partial charge in [-0.3, -0.25) is 9.28 Å². The van der Waals surface area contributed by atoms with E-state index >= 15 is 0 Å². The predicted octanol–water partition coefficient (Wildman–Crippen LogP) is 0.341. The van der Waals surface area contributed by atoms with Crippen molar-refractivity contribution in [2.24, 2.45) is 0 Å². The van der Waals surface area contributed by atoms with Crippen molar-refractivity contribution in [2.45, 2.75) is 5.03 Å². The molecule has 0 aliphatic rings. The van der Waals surface area contributed by atoms with Crippen LogP contribution in [0.2, 0.25) is 5.28 Å². The molecule has 0 amide bonds. The SMILES string of the molecule is COS(=O)(=O)c1nc(Cl)nc2[nH]ncc12. The minimum atomic E-state index is -3.91. The summed E-state index contributed by atoms with van der Waals surface area (Å²) >= 11 is 5.55. The van der Waals surface area contributed by atoms with Crippen molar-refractivity contribution in [2.75, 3.05) is 7.11 Å². The molecular formula is C6H5ClN4O3S.